The summed E-state index contributed by atoms with van der Waals surface area (Å²) in [5, 5.41) is 5.49. The van der Waals surface area contributed by atoms with Crippen LogP contribution in [0.4, 0.5) is 0 Å². The molecule has 1 saturated heterocycles. The van der Waals surface area contributed by atoms with Crippen molar-refractivity contribution in [3.8, 4) is 11.3 Å². The molecule has 0 atom stereocenters. The molecule has 0 saturated carbocycles. The van der Waals surface area contributed by atoms with E-state index in [1.54, 1.807) is 11.7 Å². The fourth-order valence-corrected chi connectivity index (χ4v) is 3.82. The minimum atomic E-state index is 0.115. The Morgan fingerprint density at radius 1 is 1.18 bits per heavy atom. The van der Waals surface area contributed by atoms with Crippen LogP contribution in [-0.4, -0.2) is 50.7 Å². The van der Waals surface area contributed by atoms with Crippen molar-refractivity contribution in [3.63, 3.8) is 0 Å². The molecule has 0 aliphatic carbocycles. The fraction of sp³-hybridized carbons (Fsp3) is 0.538. The predicted molar refractivity (Wildman–Crippen MR) is 139 cm³/mol. The molecule has 1 aliphatic heterocycles. The molecule has 3 N–H and O–H groups in total. The van der Waals surface area contributed by atoms with Gasteiger partial charge in [-0.3, -0.25) is 16.1 Å². The smallest absolute Gasteiger partial charge is 0.253 e. The van der Waals surface area contributed by atoms with Crippen LogP contribution in [0.15, 0.2) is 30.5 Å². The van der Waals surface area contributed by atoms with Crippen molar-refractivity contribution in [1.82, 2.24) is 30.1 Å². The molecule has 1 amide bonds. The number of hydrogen-bond donors (Lipinski definition) is 2. The van der Waals surface area contributed by atoms with Gasteiger partial charge in [0.1, 0.15) is 11.5 Å². The highest BCUT2D eigenvalue weighted by atomic mass is 16.2. The van der Waals surface area contributed by atoms with E-state index in [1.165, 1.54) is 19.3 Å². The molecule has 0 bridgehead atoms. The third-order valence-corrected chi connectivity index (χ3v) is 5.63. The van der Waals surface area contributed by atoms with E-state index in [0.29, 0.717) is 0 Å². The number of carbonyl (C=O) groups is 1. The third-order valence-electron chi connectivity index (χ3n) is 5.63. The number of rotatable bonds is 5. The number of aromatic nitrogens is 4. The van der Waals surface area contributed by atoms with Crippen LogP contribution in [0.2, 0.25) is 0 Å². The first-order valence-corrected chi connectivity index (χ1v) is 12.3. The van der Waals surface area contributed by atoms with Crippen molar-refractivity contribution in [2.75, 3.05) is 20.1 Å². The number of hydrogen-bond acceptors (Lipinski definition) is 6. The Balaban J connectivity index is 0.000000348. The molecule has 34 heavy (non-hydrogen) atoms. The van der Waals surface area contributed by atoms with Crippen LogP contribution in [0.3, 0.4) is 0 Å². The van der Waals surface area contributed by atoms with Crippen LogP contribution in [0.5, 0.6) is 0 Å². The highest BCUT2D eigenvalue weighted by Gasteiger charge is 2.20. The van der Waals surface area contributed by atoms with Crippen LogP contribution >= 0.6 is 0 Å². The van der Waals surface area contributed by atoms with Gasteiger partial charge in [0.25, 0.3) is 5.91 Å². The third kappa shape index (κ3) is 7.60. The molecule has 1 fully saturated rings. The lowest BCUT2D eigenvalue weighted by Gasteiger charge is -2.15. The zero-order chi connectivity index (χ0) is 25.1. The summed E-state index contributed by atoms with van der Waals surface area (Å²) >= 11 is 0. The summed E-state index contributed by atoms with van der Waals surface area (Å²) in [6, 6.07) is 7.66. The van der Waals surface area contributed by atoms with E-state index in [9.17, 15) is 4.79 Å². The molecular weight excluding hydrogens is 426 g/mol. The molecule has 8 heteroatoms. The average Bonchev–Trinajstić information content (AvgIpc) is 3.47. The van der Waals surface area contributed by atoms with Crippen molar-refractivity contribution in [1.29, 1.82) is 0 Å². The lowest BCUT2D eigenvalue weighted by molar-refractivity contribution is 0.0793. The molecule has 3 aromatic rings. The summed E-state index contributed by atoms with van der Waals surface area (Å²) in [5.74, 6) is 6.34. The zero-order valence-corrected chi connectivity index (χ0v) is 21.6. The van der Waals surface area contributed by atoms with E-state index >= 15 is 0 Å². The van der Waals surface area contributed by atoms with Gasteiger partial charge in [-0.05, 0) is 44.9 Å². The number of hydrazine groups is 1. The highest BCUT2D eigenvalue weighted by molar-refractivity contribution is 5.96. The van der Waals surface area contributed by atoms with E-state index in [2.05, 4.69) is 47.1 Å². The molecule has 0 radical (unpaired) electrons. The van der Waals surface area contributed by atoms with Gasteiger partial charge in [-0.2, -0.15) is 5.10 Å². The number of unbranched alkanes of at least 4 members (excludes halogenated alkanes) is 1. The molecule has 8 nitrogen and oxygen atoms in total. The largest absolute Gasteiger partial charge is 0.339 e. The number of nitrogens with two attached hydrogens (primary N) is 1. The van der Waals surface area contributed by atoms with E-state index in [-0.39, 0.29) is 5.91 Å². The monoisotopic (exact) mass is 467 g/mol. The van der Waals surface area contributed by atoms with Gasteiger partial charge in [-0.15, -0.1) is 0 Å². The fourth-order valence-electron chi connectivity index (χ4n) is 3.82. The Morgan fingerprint density at radius 3 is 2.32 bits per heavy atom. The maximum Gasteiger partial charge on any atom is 0.253 e. The summed E-state index contributed by atoms with van der Waals surface area (Å²) in [5.41, 5.74) is 5.60. The number of likely N-dealkylation sites (tertiary alicyclic amines) is 1. The average molecular weight is 468 g/mol. The van der Waals surface area contributed by atoms with Crippen LogP contribution in [0.1, 0.15) is 69.1 Å². The first kappa shape index (κ1) is 27.4. The number of nitrogens with zero attached hydrogens (tertiary/aromatic N) is 5. The summed E-state index contributed by atoms with van der Waals surface area (Å²) < 4.78 is 1.77. The molecule has 3 heterocycles. The van der Waals surface area contributed by atoms with Crippen LogP contribution in [0, 0.1) is 12.8 Å². The number of fused-ring (bicyclic) bond motifs is 1. The van der Waals surface area contributed by atoms with E-state index in [4.69, 9.17) is 0 Å². The van der Waals surface area contributed by atoms with Gasteiger partial charge in [-0.1, -0.05) is 52.2 Å². The Hall–Kier alpha value is -2.84. The Kier molecular flexibility index (Phi) is 11.1. The van der Waals surface area contributed by atoms with Crippen LogP contribution < -0.4 is 11.3 Å². The molecule has 0 spiro atoms. The topological polar surface area (TPSA) is 102 Å². The second-order valence-corrected chi connectivity index (χ2v) is 9.03. The maximum absolute atomic E-state index is 12.4. The van der Waals surface area contributed by atoms with Crippen molar-refractivity contribution in [3.05, 3.63) is 41.9 Å². The number of benzene rings is 1. The molecule has 0 unspecified atom stereocenters. The zero-order valence-electron chi connectivity index (χ0n) is 21.6. The van der Waals surface area contributed by atoms with Crippen LogP contribution in [-0.2, 0) is 7.05 Å². The van der Waals surface area contributed by atoms with E-state index in [0.717, 1.165) is 65.5 Å². The van der Waals surface area contributed by atoms with Gasteiger partial charge in [0, 0.05) is 37.5 Å². The summed E-state index contributed by atoms with van der Waals surface area (Å²) in [4.78, 5) is 23.1. The van der Waals surface area contributed by atoms with Crippen molar-refractivity contribution in [2.45, 2.75) is 59.8 Å². The first-order chi connectivity index (χ1) is 16.3. The molecular formula is C26H41N7O. The summed E-state index contributed by atoms with van der Waals surface area (Å²) in [6.45, 7) is 10.4. The lowest BCUT2D eigenvalue weighted by Crippen LogP contribution is -2.27. The Labute approximate surface area is 203 Å². The predicted octanol–water partition coefficient (Wildman–Crippen LogP) is 4.49. The first-order valence-electron chi connectivity index (χ1n) is 12.3. The Bertz CT molecular complexity index is 1020. The standard InChI is InChI=1S/C18H19N5O.C7H16.CH6N2/c1-12-19-11-15-16(21-22(2)17(15)20-12)13-5-7-14(8-6-13)18(24)23-9-3-4-10-23;1-4-5-6-7(2)3;1-3-2/h5-8,11H,3-4,9-10H2,1-2H3;7H,4-6H2,1-3H3;3H,2H2,1H3. The van der Waals surface area contributed by atoms with Gasteiger partial charge in [-0.25, -0.2) is 14.6 Å². The van der Waals surface area contributed by atoms with Crippen molar-refractivity contribution < 1.29 is 4.79 Å². The van der Waals surface area contributed by atoms with E-state index in [1.807, 2.05) is 49.3 Å². The summed E-state index contributed by atoms with van der Waals surface area (Å²) in [6.07, 6.45) is 8.15. The molecule has 2 aromatic heterocycles. The number of amides is 1. The SMILES string of the molecule is CCCCC(C)C.CNN.Cc1ncc2c(-c3ccc(C(=O)N4CCCC4)cc3)nn(C)c2n1. The second-order valence-electron chi connectivity index (χ2n) is 9.03. The lowest BCUT2D eigenvalue weighted by atomic mass is 10.1. The van der Waals surface area contributed by atoms with Crippen molar-refractivity contribution >= 4 is 16.9 Å². The molecule has 4 rings (SSSR count). The van der Waals surface area contributed by atoms with Gasteiger partial charge in [0.2, 0.25) is 0 Å². The van der Waals surface area contributed by atoms with Gasteiger partial charge in [0.15, 0.2) is 5.65 Å². The Morgan fingerprint density at radius 2 is 1.79 bits per heavy atom. The highest BCUT2D eigenvalue weighted by Crippen LogP contribution is 2.26. The van der Waals surface area contributed by atoms with Gasteiger partial charge >= 0.3 is 0 Å². The molecule has 1 aromatic carbocycles. The number of nitrogens with one attached hydrogen (secondary N) is 1. The van der Waals surface area contributed by atoms with Gasteiger partial charge in [0.05, 0.1) is 5.39 Å². The number of carbonyl (C=O) groups excluding carboxylic acids is 1. The van der Waals surface area contributed by atoms with E-state index < -0.39 is 0 Å². The molecule has 186 valence electrons. The maximum atomic E-state index is 12.4. The second kappa shape index (κ2) is 13.8. The number of aryl methyl sites for hydroxylation is 2. The minimum Gasteiger partial charge on any atom is -0.339 e. The van der Waals surface area contributed by atoms with Crippen LogP contribution in [0.25, 0.3) is 22.3 Å². The van der Waals surface area contributed by atoms with Gasteiger partial charge < -0.3 is 4.90 Å². The quantitative estimate of drug-likeness (QED) is 0.423. The molecule has 1 aliphatic rings. The van der Waals surface area contributed by atoms with Crippen molar-refractivity contribution in [2.24, 2.45) is 18.8 Å². The summed E-state index contributed by atoms with van der Waals surface area (Å²) in [7, 11) is 3.53. The normalized spacial score (nSPS) is 12.9. The minimum absolute atomic E-state index is 0.115.